The van der Waals surface area contributed by atoms with Crippen molar-refractivity contribution in [2.75, 3.05) is 13.2 Å². The lowest BCUT2D eigenvalue weighted by Gasteiger charge is -2.18. The van der Waals surface area contributed by atoms with Crippen molar-refractivity contribution < 1.29 is 28.6 Å². The van der Waals surface area contributed by atoms with E-state index < -0.39 is 6.10 Å². The molecule has 0 saturated carbocycles. The minimum Gasteiger partial charge on any atom is -0.462 e. The Hall–Kier alpha value is -1.59. The molecule has 0 amide bonds. The summed E-state index contributed by atoms with van der Waals surface area (Å²) in [6.07, 6.45) is 74.4. The molecular weight excluding hydrogens is 913 g/mol. The van der Waals surface area contributed by atoms with Crippen molar-refractivity contribution >= 4 is 17.9 Å². The number of carbonyl (C=O) groups is 3. The van der Waals surface area contributed by atoms with Crippen LogP contribution in [0.15, 0.2) is 0 Å². The minimum absolute atomic E-state index is 0.0611. The van der Waals surface area contributed by atoms with Crippen LogP contribution in [0.1, 0.15) is 400 Å². The summed E-state index contributed by atoms with van der Waals surface area (Å²) in [4.78, 5) is 38.1. The predicted molar refractivity (Wildman–Crippen MR) is 321 cm³/mol. The molecule has 440 valence electrons. The van der Waals surface area contributed by atoms with Gasteiger partial charge in [0.25, 0.3) is 0 Å². The van der Waals surface area contributed by atoms with Gasteiger partial charge in [0.15, 0.2) is 6.10 Å². The molecule has 0 aromatic heterocycles. The largest absolute Gasteiger partial charge is 0.462 e. The van der Waals surface area contributed by atoms with Gasteiger partial charge in [0.05, 0.1) is 0 Å². The topological polar surface area (TPSA) is 78.9 Å². The fourth-order valence-corrected chi connectivity index (χ4v) is 10.7. The molecule has 1 unspecified atom stereocenters. The molecule has 0 aromatic rings. The highest BCUT2D eigenvalue weighted by Crippen LogP contribution is 2.19. The van der Waals surface area contributed by atoms with Crippen molar-refractivity contribution in [3.63, 3.8) is 0 Å². The van der Waals surface area contributed by atoms with E-state index >= 15 is 0 Å². The van der Waals surface area contributed by atoms with Crippen molar-refractivity contribution in [3.8, 4) is 0 Å². The molecule has 0 aliphatic carbocycles. The van der Waals surface area contributed by atoms with Gasteiger partial charge in [-0.15, -0.1) is 0 Å². The molecule has 74 heavy (non-hydrogen) atoms. The van der Waals surface area contributed by atoms with Gasteiger partial charge in [-0.25, -0.2) is 0 Å². The second-order valence-corrected chi connectivity index (χ2v) is 23.5. The molecule has 0 rings (SSSR count). The smallest absolute Gasteiger partial charge is 0.306 e. The van der Waals surface area contributed by atoms with Crippen LogP contribution in [0, 0.1) is 0 Å². The summed E-state index contributed by atoms with van der Waals surface area (Å²) >= 11 is 0. The summed E-state index contributed by atoms with van der Waals surface area (Å²) in [6, 6.07) is 0. The Morgan fingerprint density at radius 1 is 0.216 bits per heavy atom. The molecule has 0 aliphatic heterocycles. The van der Waals surface area contributed by atoms with E-state index in [1.54, 1.807) is 0 Å². The first-order valence-electron chi connectivity index (χ1n) is 34.0. The zero-order chi connectivity index (χ0) is 53.6. The van der Waals surface area contributed by atoms with E-state index in [-0.39, 0.29) is 31.1 Å². The van der Waals surface area contributed by atoms with Crippen LogP contribution in [-0.2, 0) is 28.6 Å². The predicted octanol–water partition coefficient (Wildman–Crippen LogP) is 23.1. The molecule has 0 saturated heterocycles. The van der Waals surface area contributed by atoms with E-state index in [1.807, 2.05) is 0 Å². The Kier molecular flexibility index (Phi) is 62.6. The Balaban J connectivity index is 3.95. The zero-order valence-corrected chi connectivity index (χ0v) is 50.7. The summed E-state index contributed by atoms with van der Waals surface area (Å²) < 4.78 is 16.9. The SMILES string of the molecule is CCCCCCCCCCCCCCCCCCCCCCCCCCCCCCCCCCCC(=O)OCC(COC(=O)CCCCCCCCCCCC)OC(=O)CCCCCCCCCCCCCCC. The third kappa shape index (κ3) is 61.3. The summed E-state index contributed by atoms with van der Waals surface area (Å²) in [6.45, 7) is 6.70. The monoisotopic (exact) mass is 1050 g/mol. The van der Waals surface area contributed by atoms with Gasteiger partial charge in [0, 0.05) is 19.3 Å². The molecule has 0 aliphatic rings. The average molecular weight is 1050 g/mol. The lowest BCUT2D eigenvalue weighted by Crippen LogP contribution is -2.30. The number of unbranched alkanes of at least 4 members (excludes halogenated alkanes) is 53. The number of ether oxygens (including phenoxy) is 3. The van der Waals surface area contributed by atoms with E-state index in [2.05, 4.69) is 20.8 Å². The van der Waals surface area contributed by atoms with Crippen molar-refractivity contribution in [2.45, 2.75) is 406 Å². The van der Waals surface area contributed by atoms with Crippen molar-refractivity contribution in [2.24, 2.45) is 0 Å². The van der Waals surface area contributed by atoms with E-state index in [1.165, 1.54) is 302 Å². The number of esters is 3. The third-order valence-electron chi connectivity index (χ3n) is 15.9. The first-order valence-corrected chi connectivity index (χ1v) is 34.0. The second-order valence-electron chi connectivity index (χ2n) is 23.5. The molecule has 6 nitrogen and oxygen atoms in total. The van der Waals surface area contributed by atoms with E-state index in [4.69, 9.17) is 14.2 Å². The number of hydrogen-bond acceptors (Lipinski definition) is 6. The first-order chi connectivity index (χ1) is 36.5. The second kappa shape index (κ2) is 63.9. The molecule has 0 heterocycles. The van der Waals surface area contributed by atoms with E-state index in [9.17, 15) is 14.4 Å². The molecule has 0 radical (unpaired) electrons. The van der Waals surface area contributed by atoms with Crippen molar-refractivity contribution in [1.82, 2.24) is 0 Å². The molecule has 0 spiro atoms. The zero-order valence-electron chi connectivity index (χ0n) is 50.7. The molecular formula is C68H132O6. The molecule has 6 heteroatoms. The Labute approximate surface area is 463 Å². The fourth-order valence-electron chi connectivity index (χ4n) is 10.7. The maximum Gasteiger partial charge on any atom is 0.306 e. The van der Waals surface area contributed by atoms with Gasteiger partial charge in [-0.05, 0) is 19.3 Å². The molecule has 0 bridgehead atoms. The maximum atomic E-state index is 12.8. The first kappa shape index (κ1) is 72.4. The average Bonchev–Trinajstić information content (AvgIpc) is 3.40. The molecule has 0 aromatic carbocycles. The van der Waals surface area contributed by atoms with Crippen molar-refractivity contribution in [3.05, 3.63) is 0 Å². The van der Waals surface area contributed by atoms with E-state index in [0.717, 1.165) is 57.8 Å². The van der Waals surface area contributed by atoms with Crippen molar-refractivity contribution in [1.29, 1.82) is 0 Å². The molecule has 0 N–H and O–H groups in total. The standard InChI is InChI=1S/C68H132O6/c1-4-7-10-13-16-19-22-24-25-26-27-28-29-30-31-32-33-34-35-36-37-38-39-40-41-42-43-45-46-49-52-55-58-61-67(70)73-64-65(63-72-66(69)60-57-54-51-48-21-18-15-12-9-6-3)74-68(71)62-59-56-53-50-47-44-23-20-17-14-11-8-5-2/h65H,4-64H2,1-3H3. The highest BCUT2D eigenvalue weighted by Gasteiger charge is 2.19. The lowest BCUT2D eigenvalue weighted by molar-refractivity contribution is -0.167. The van der Waals surface area contributed by atoms with E-state index in [0.29, 0.717) is 19.3 Å². The van der Waals surface area contributed by atoms with Gasteiger partial charge in [0.1, 0.15) is 13.2 Å². The quantitative estimate of drug-likeness (QED) is 0.0343. The summed E-state index contributed by atoms with van der Waals surface area (Å²) in [5.41, 5.74) is 0. The summed E-state index contributed by atoms with van der Waals surface area (Å²) in [7, 11) is 0. The van der Waals surface area contributed by atoms with Crippen LogP contribution in [0.4, 0.5) is 0 Å². The molecule has 0 fully saturated rings. The normalized spacial score (nSPS) is 11.9. The van der Waals surface area contributed by atoms with Gasteiger partial charge >= 0.3 is 17.9 Å². The maximum absolute atomic E-state index is 12.8. The number of hydrogen-bond donors (Lipinski definition) is 0. The van der Waals surface area contributed by atoms with Crippen LogP contribution in [0.3, 0.4) is 0 Å². The summed E-state index contributed by atoms with van der Waals surface area (Å²) in [5, 5.41) is 0. The van der Waals surface area contributed by atoms with Crippen LogP contribution in [0.2, 0.25) is 0 Å². The molecule has 1 atom stereocenters. The van der Waals surface area contributed by atoms with Gasteiger partial charge in [-0.1, -0.05) is 361 Å². The van der Waals surface area contributed by atoms with Crippen LogP contribution in [0.25, 0.3) is 0 Å². The van der Waals surface area contributed by atoms with Gasteiger partial charge in [-0.3, -0.25) is 14.4 Å². The third-order valence-corrected chi connectivity index (χ3v) is 15.9. The van der Waals surface area contributed by atoms with Crippen LogP contribution in [-0.4, -0.2) is 37.2 Å². The highest BCUT2D eigenvalue weighted by atomic mass is 16.6. The van der Waals surface area contributed by atoms with Gasteiger partial charge < -0.3 is 14.2 Å². The van der Waals surface area contributed by atoms with Crippen LogP contribution >= 0.6 is 0 Å². The lowest BCUT2D eigenvalue weighted by atomic mass is 10.0. The number of carbonyl (C=O) groups excluding carboxylic acids is 3. The summed E-state index contributed by atoms with van der Waals surface area (Å²) in [5.74, 6) is -0.832. The fraction of sp³-hybridized carbons (Fsp3) is 0.956. The minimum atomic E-state index is -0.761. The Morgan fingerprint density at radius 3 is 0.541 bits per heavy atom. The Bertz CT molecular complexity index is 1110. The van der Waals surface area contributed by atoms with Crippen LogP contribution in [0.5, 0.6) is 0 Å². The number of rotatable bonds is 64. The highest BCUT2D eigenvalue weighted by molar-refractivity contribution is 5.71. The van der Waals surface area contributed by atoms with Gasteiger partial charge in [0.2, 0.25) is 0 Å². The Morgan fingerprint density at radius 2 is 0.365 bits per heavy atom. The van der Waals surface area contributed by atoms with Gasteiger partial charge in [-0.2, -0.15) is 0 Å². The van der Waals surface area contributed by atoms with Crippen LogP contribution < -0.4 is 0 Å².